The molecule has 3 atom stereocenters. The summed E-state index contributed by atoms with van der Waals surface area (Å²) in [6.07, 6.45) is 1.54. The quantitative estimate of drug-likeness (QED) is 0.793. The number of carbonyl (C=O) groups is 1. The van der Waals surface area contributed by atoms with E-state index in [0.717, 1.165) is 30.9 Å². The first-order valence-corrected chi connectivity index (χ1v) is 9.05. The van der Waals surface area contributed by atoms with E-state index in [0.29, 0.717) is 18.1 Å². The predicted octanol–water partition coefficient (Wildman–Crippen LogP) is 2.40. The zero-order chi connectivity index (χ0) is 18.2. The maximum absolute atomic E-state index is 11.8. The smallest absolute Gasteiger partial charge is 0.259 e. The van der Waals surface area contributed by atoms with Gasteiger partial charge in [-0.25, -0.2) is 0 Å². The maximum atomic E-state index is 11.8. The highest BCUT2D eigenvalue weighted by atomic mass is 16.5. The van der Waals surface area contributed by atoms with Crippen LogP contribution in [0.1, 0.15) is 25.8 Å². The van der Waals surface area contributed by atoms with Crippen molar-refractivity contribution in [3.05, 3.63) is 29.8 Å². The normalized spacial score (nSPS) is 26.9. The molecule has 1 heterocycles. The molecule has 5 nitrogen and oxygen atoms in total. The summed E-state index contributed by atoms with van der Waals surface area (Å²) in [5.74, 6) is 1.39. The first-order valence-electron chi connectivity index (χ1n) is 9.05. The molecule has 3 rings (SSSR count). The third-order valence-corrected chi connectivity index (χ3v) is 5.76. The van der Waals surface area contributed by atoms with E-state index < -0.39 is 0 Å². The average molecular weight is 346 g/mol. The minimum Gasteiger partial charge on any atom is -0.483 e. The van der Waals surface area contributed by atoms with Gasteiger partial charge in [-0.15, -0.1) is 0 Å². The van der Waals surface area contributed by atoms with Gasteiger partial charge in [0, 0.05) is 50.2 Å². The molecule has 2 aliphatic rings. The second-order valence-electron chi connectivity index (χ2n) is 8.11. The SMILES string of the molecule is CN(C)C(=O)COc1ccccc1CN(C)[C@@H]1[C@@H]2CCO[C@H]2C1(C)C. The Morgan fingerprint density at radius 2 is 2.00 bits per heavy atom. The lowest BCUT2D eigenvalue weighted by atomic mass is 9.57. The van der Waals surface area contributed by atoms with Crippen molar-refractivity contribution in [1.82, 2.24) is 9.80 Å². The van der Waals surface area contributed by atoms with Gasteiger partial charge in [0.05, 0.1) is 6.10 Å². The van der Waals surface area contributed by atoms with Gasteiger partial charge in [-0.3, -0.25) is 9.69 Å². The Morgan fingerprint density at radius 1 is 1.28 bits per heavy atom. The monoisotopic (exact) mass is 346 g/mol. The summed E-state index contributed by atoms with van der Waals surface area (Å²) in [4.78, 5) is 15.8. The van der Waals surface area contributed by atoms with Crippen LogP contribution in [0.15, 0.2) is 24.3 Å². The summed E-state index contributed by atoms with van der Waals surface area (Å²) in [5, 5.41) is 0. The fourth-order valence-corrected chi connectivity index (χ4v) is 4.60. The molecule has 25 heavy (non-hydrogen) atoms. The Labute approximate surface area is 150 Å². The first-order chi connectivity index (χ1) is 11.8. The third kappa shape index (κ3) is 3.40. The second-order valence-corrected chi connectivity index (χ2v) is 8.11. The summed E-state index contributed by atoms with van der Waals surface area (Å²) in [6.45, 7) is 6.37. The van der Waals surface area contributed by atoms with Crippen LogP contribution in [0, 0.1) is 11.3 Å². The van der Waals surface area contributed by atoms with Crippen molar-refractivity contribution < 1.29 is 14.3 Å². The fourth-order valence-electron chi connectivity index (χ4n) is 4.60. The molecule has 1 saturated carbocycles. The highest BCUT2D eigenvalue weighted by Crippen LogP contribution is 2.54. The highest BCUT2D eigenvalue weighted by Gasteiger charge is 2.60. The van der Waals surface area contributed by atoms with Crippen molar-refractivity contribution in [2.24, 2.45) is 11.3 Å². The summed E-state index contributed by atoms with van der Waals surface area (Å²) in [5.41, 5.74) is 1.29. The van der Waals surface area contributed by atoms with Gasteiger partial charge in [-0.2, -0.15) is 0 Å². The van der Waals surface area contributed by atoms with E-state index in [2.05, 4.69) is 31.9 Å². The fraction of sp³-hybridized carbons (Fsp3) is 0.650. The van der Waals surface area contributed by atoms with Crippen molar-refractivity contribution >= 4 is 5.91 Å². The molecule has 0 aromatic heterocycles. The van der Waals surface area contributed by atoms with Crippen molar-refractivity contribution in [1.29, 1.82) is 0 Å². The zero-order valence-corrected chi connectivity index (χ0v) is 16.0. The molecule has 1 aromatic carbocycles. The average Bonchev–Trinajstić information content (AvgIpc) is 2.99. The lowest BCUT2D eigenvalue weighted by Crippen LogP contribution is -2.65. The van der Waals surface area contributed by atoms with Crippen LogP contribution in [-0.4, -0.2) is 62.2 Å². The molecule has 1 aliphatic heterocycles. The van der Waals surface area contributed by atoms with Gasteiger partial charge >= 0.3 is 0 Å². The molecule has 0 unspecified atom stereocenters. The minimum absolute atomic E-state index is 0.0331. The molecule has 1 aromatic rings. The molecule has 0 N–H and O–H groups in total. The number of benzene rings is 1. The van der Waals surface area contributed by atoms with Crippen LogP contribution in [0.25, 0.3) is 0 Å². The van der Waals surface area contributed by atoms with Crippen molar-refractivity contribution in [3.8, 4) is 5.75 Å². The highest BCUT2D eigenvalue weighted by molar-refractivity contribution is 5.77. The van der Waals surface area contributed by atoms with Gasteiger partial charge in [0.2, 0.25) is 0 Å². The zero-order valence-electron chi connectivity index (χ0n) is 16.0. The summed E-state index contributed by atoms with van der Waals surface area (Å²) in [6, 6.07) is 8.51. The second kappa shape index (κ2) is 6.96. The number of ether oxygens (including phenoxy) is 2. The summed E-state index contributed by atoms with van der Waals surface area (Å²) >= 11 is 0. The summed E-state index contributed by atoms with van der Waals surface area (Å²) < 4.78 is 11.7. The van der Waals surface area contributed by atoms with Crippen LogP contribution < -0.4 is 4.74 Å². The van der Waals surface area contributed by atoms with Crippen LogP contribution in [0.3, 0.4) is 0 Å². The van der Waals surface area contributed by atoms with Crippen molar-refractivity contribution in [3.63, 3.8) is 0 Å². The Bertz CT molecular complexity index is 629. The van der Waals surface area contributed by atoms with E-state index in [9.17, 15) is 4.79 Å². The number of carbonyl (C=O) groups excluding carboxylic acids is 1. The molecule has 0 bridgehead atoms. The van der Waals surface area contributed by atoms with Gasteiger partial charge in [0.1, 0.15) is 5.75 Å². The van der Waals surface area contributed by atoms with Crippen LogP contribution in [0.4, 0.5) is 0 Å². The molecular formula is C20H30N2O3. The van der Waals surface area contributed by atoms with Crippen molar-refractivity contribution in [2.75, 3.05) is 34.4 Å². The van der Waals surface area contributed by atoms with Crippen LogP contribution in [0.2, 0.25) is 0 Å². The molecule has 2 fully saturated rings. The Morgan fingerprint density at radius 3 is 2.72 bits per heavy atom. The van der Waals surface area contributed by atoms with Gasteiger partial charge < -0.3 is 14.4 Å². The Balaban J connectivity index is 1.67. The number of amides is 1. The molecule has 0 radical (unpaired) electrons. The molecule has 138 valence electrons. The summed E-state index contributed by atoms with van der Waals surface area (Å²) in [7, 11) is 5.66. The molecule has 1 aliphatic carbocycles. The Hall–Kier alpha value is -1.59. The van der Waals surface area contributed by atoms with Gasteiger partial charge in [-0.05, 0) is 19.5 Å². The molecular weight excluding hydrogens is 316 g/mol. The number of hydrogen-bond donors (Lipinski definition) is 0. The third-order valence-electron chi connectivity index (χ3n) is 5.76. The molecule has 1 saturated heterocycles. The predicted molar refractivity (Wildman–Crippen MR) is 97.5 cm³/mol. The number of nitrogens with zero attached hydrogens (tertiary/aromatic N) is 2. The van der Waals surface area contributed by atoms with E-state index in [1.165, 1.54) is 0 Å². The van der Waals surface area contributed by atoms with Gasteiger partial charge in [-0.1, -0.05) is 32.0 Å². The van der Waals surface area contributed by atoms with Crippen LogP contribution >= 0.6 is 0 Å². The molecule has 0 spiro atoms. The lowest BCUT2D eigenvalue weighted by Gasteiger charge is -2.58. The van der Waals surface area contributed by atoms with E-state index in [-0.39, 0.29) is 17.9 Å². The molecule has 1 amide bonds. The first kappa shape index (κ1) is 18.2. The lowest BCUT2D eigenvalue weighted by molar-refractivity contribution is -0.151. The van der Waals surface area contributed by atoms with Crippen LogP contribution in [-0.2, 0) is 16.1 Å². The standard InChI is InChI=1S/C20H30N2O3/c1-20(2)18(15-10-11-24-19(15)20)22(5)12-14-8-6-7-9-16(14)25-13-17(23)21(3)4/h6-9,15,18-19H,10-13H2,1-5H3/t15-,18+,19+/m0/s1. The Kier molecular flexibility index (Phi) is 5.07. The van der Waals surface area contributed by atoms with Crippen LogP contribution in [0.5, 0.6) is 5.75 Å². The number of hydrogen-bond acceptors (Lipinski definition) is 4. The maximum Gasteiger partial charge on any atom is 0.259 e. The van der Waals surface area contributed by atoms with E-state index in [1.807, 2.05) is 18.2 Å². The number of fused-ring (bicyclic) bond motifs is 1. The largest absolute Gasteiger partial charge is 0.483 e. The number of para-hydroxylation sites is 1. The van der Waals surface area contributed by atoms with E-state index >= 15 is 0 Å². The van der Waals surface area contributed by atoms with E-state index in [1.54, 1.807) is 19.0 Å². The molecule has 5 heteroatoms. The van der Waals surface area contributed by atoms with Gasteiger partial charge in [0.25, 0.3) is 5.91 Å². The van der Waals surface area contributed by atoms with Gasteiger partial charge in [0.15, 0.2) is 6.61 Å². The van der Waals surface area contributed by atoms with E-state index in [4.69, 9.17) is 9.47 Å². The van der Waals surface area contributed by atoms with Crippen molar-refractivity contribution in [2.45, 2.75) is 39.0 Å². The number of likely N-dealkylation sites (N-methyl/N-ethyl adjacent to an activating group) is 1. The minimum atomic E-state index is -0.0331. The number of rotatable bonds is 6. The topological polar surface area (TPSA) is 42.0 Å².